The van der Waals surface area contributed by atoms with Gasteiger partial charge in [-0.3, -0.25) is 5.41 Å². The van der Waals surface area contributed by atoms with Gasteiger partial charge in [0.05, 0.1) is 0 Å². The second kappa shape index (κ2) is 4.80. The van der Waals surface area contributed by atoms with Gasteiger partial charge < -0.3 is 16.2 Å². The third kappa shape index (κ3) is 3.15. The molecule has 15 heavy (non-hydrogen) atoms. The van der Waals surface area contributed by atoms with E-state index in [1.54, 1.807) is 12.1 Å². The van der Waals surface area contributed by atoms with Crippen molar-refractivity contribution < 1.29 is 9.90 Å². The summed E-state index contributed by atoms with van der Waals surface area (Å²) in [6.45, 7) is 0. The Kier molecular flexibility index (Phi) is 3.45. The van der Waals surface area contributed by atoms with Crippen LogP contribution in [0, 0.1) is 5.41 Å². The van der Waals surface area contributed by atoms with E-state index >= 15 is 0 Å². The normalized spacial score (nSPS) is 10.8. The Labute approximate surface area is 86.7 Å². The van der Waals surface area contributed by atoms with Crippen LogP contribution in [0.25, 0.3) is 0 Å². The van der Waals surface area contributed by atoms with Crippen LogP contribution in [-0.2, 0) is 4.79 Å². The fourth-order valence-electron chi connectivity index (χ4n) is 0.945. The van der Waals surface area contributed by atoms with Gasteiger partial charge in [0.25, 0.3) is 0 Å². The van der Waals surface area contributed by atoms with E-state index in [1.807, 2.05) is 18.2 Å². The fraction of sp³-hybridized carbons (Fsp3) is 0. The highest BCUT2D eigenvalue weighted by atomic mass is 16.4. The molecule has 5 N–H and O–H groups in total. The second-order valence-electron chi connectivity index (χ2n) is 2.79. The van der Waals surface area contributed by atoms with Gasteiger partial charge in [0.15, 0.2) is 0 Å². The maximum atomic E-state index is 10.6. The van der Waals surface area contributed by atoms with Crippen LogP contribution in [-0.4, -0.2) is 16.9 Å². The molecule has 0 aliphatic heterocycles. The molecule has 0 saturated carbocycles. The van der Waals surface area contributed by atoms with Gasteiger partial charge in [0.2, 0.25) is 0 Å². The number of aliphatic carboxylic acids is 1. The molecule has 0 aliphatic carbocycles. The zero-order valence-electron chi connectivity index (χ0n) is 7.90. The van der Waals surface area contributed by atoms with E-state index in [2.05, 4.69) is 5.32 Å². The Morgan fingerprint density at radius 3 is 2.47 bits per heavy atom. The maximum absolute atomic E-state index is 10.6. The quantitative estimate of drug-likeness (QED) is 0.335. The lowest BCUT2D eigenvalue weighted by Gasteiger charge is -2.02. The summed E-state index contributed by atoms with van der Waals surface area (Å²) in [7, 11) is 0. The number of carbonyl (C=O) groups is 1. The average molecular weight is 205 g/mol. The average Bonchev–Trinajstić information content (AvgIpc) is 2.18. The number of rotatable bonds is 4. The van der Waals surface area contributed by atoms with Crippen LogP contribution >= 0.6 is 0 Å². The molecule has 5 heteroatoms. The highest BCUT2D eigenvalue weighted by Gasteiger charge is 2.09. The van der Waals surface area contributed by atoms with Crippen molar-refractivity contribution in [3.05, 3.63) is 42.1 Å². The van der Waals surface area contributed by atoms with Crippen LogP contribution < -0.4 is 11.1 Å². The van der Waals surface area contributed by atoms with Gasteiger partial charge in [0.1, 0.15) is 11.4 Å². The van der Waals surface area contributed by atoms with Gasteiger partial charge >= 0.3 is 5.97 Å². The first-order chi connectivity index (χ1) is 7.11. The number of carboxylic acid groups (broad SMARTS) is 1. The predicted molar refractivity (Wildman–Crippen MR) is 57.7 cm³/mol. The molecule has 78 valence electrons. The molecule has 1 aromatic carbocycles. The van der Waals surface area contributed by atoms with Crippen molar-refractivity contribution in [1.29, 1.82) is 5.41 Å². The van der Waals surface area contributed by atoms with Crippen molar-refractivity contribution in [2.45, 2.75) is 0 Å². The Balaban J connectivity index is 2.79. The summed E-state index contributed by atoms with van der Waals surface area (Å²) in [6.07, 6.45) is 1.19. The lowest BCUT2D eigenvalue weighted by atomic mass is 10.2. The summed E-state index contributed by atoms with van der Waals surface area (Å²) in [5.41, 5.74) is 5.56. The molecule has 0 aromatic heterocycles. The first kappa shape index (κ1) is 10.8. The number of anilines is 1. The van der Waals surface area contributed by atoms with Gasteiger partial charge in [-0.1, -0.05) is 18.2 Å². The zero-order chi connectivity index (χ0) is 11.3. The smallest absolute Gasteiger partial charge is 0.340 e. The van der Waals surface area contributed by atoms with Gasteiger partial charge in [-0.05, 0) is 12.1 Å². The van der Waals surface area contributed by atoms with Crippen molar-refractivity contribution in [2.24, 2.45) is 5.73 Å². The number of hydrogen-bond acceptors (Lipinski definition) is 3. The topological polar surface area (TPSA) is 99.2 Å². The molecule has 0 unspecified atom stereocenters. The lowest BCUT2D eigenvalue weighted by molar-refractivity contribution is -0.132. The van der Waals surface area contributed by atoms with Crippen molar-refractivity contribution in [1.82, 2.24) is 0 Å². The van der Waals surface area contributed by atoms with Crippen LogP contribution in [0.15, 0.2) is 42.1 Å². The minimum absolute atomic E-state index is 0.265. The zero-order valence-corrected chi connectivity index (χ0v) is 7.90. The summed E-state index contributed by atoms with van der Waals surface area (Å²) in [5.74, 6) is -1.71. The molecule has 5 nitrogen and oxygen atoms in total. The molecule has 1 rings (SSSR count). The molecule has 0 fully saturated rings. The molecule has 0 aliphatic rings. The molecular formula is C10H11N3O2. The minimum atomic E-state index is -1.23. The first-order valence-electron chi connectivity index (χ1n) is 4.20. The fourth-order valence-corrected chi connectivity index (χ4v) is 0.945. The monoisotopic (exact) mass is 205 g/mol. The molecule has 0 spiro atoms. The standard InChI is InChI=1S/C10H11N3O2/c11-9(12)8(10(14)15)6-13-7-4-2-1-3-5-7/h1-6,13H,(H3,11,12)(H,14,15)/b8-6+. The molecule has 0 bridgehead atoms. The van der Waals surface area contributed by atoms with E-state index in [0.717, 1.165) is 5.69 Å². The number of carboxylic acids is 1. The number of amidine groups is 1. The van der Waals surface area contributed by atoms with Crippen molar-refractivity contribution in [3.8, 4) is 0 Å². The van der Waals surface area contributed by atoms with Crippen LogP contribution in [0.3, 0.4) is 0 Å². The third-order valence-electron chi connectivity index (χ3n) is 1.68. The van der Waals surface area contributed by atoms with Gasteiger partial charge in [0, 0.05) is 11.9 Å². The minimum Gasteiger partial charge on any atom is -0.478 e. The van der Waals surface area contributed by atoms with Crippen molar-refractivity contribution in [3.63, 3.8) is 0 Å². The second-order valence-corrected chi connectivity index (χ2v) is 2.79. The SMILES string of the molecule is N=C(N)/C(=C\Nc1ccccc1)C(=O)O. The summed E-state index contributed by atoms with van der Waals surface area (Å²) in [5, 5.41) is 18.5. The van der Waals surface area contributed by atoms with Crippen molar-refractivity contribution in [2.75, 3.05) is 5.32 Å². The van der Waals surface area contributed by atoms with Crippen LogP contribution in [0.1, 0.15) is 0 Å². The number of nitrogens with one attached hydrogen (secondary N) is 2. The number of para-hydroxylation sites is 1. The number of nitrogens with two attached hydrogens (primary N) is 1. The van der Waals surface area contributed by atoms with Crippen LogP contribution in [0.4, 0.5) is 5.69 Å². The molecule has 1 aromatic rings. The Hall–Kier alpha value is -2.30. The largest absolute Gasteiger partial charge is 0.478 e. The lowest BCUT2D eigenvalue weighted by Crippen LogP contribution is -2.20. The van der Waals surface area contributed by atoms with Gasteiger partial charge in [-0.15, -0.1) is 0 Å². The molecule has 0 amide bonds. The van der Waals surface area contributed by atoms with Crippen molar-refractivity contribution >= 4 is 17.5 Å². The molecule has 0 saturated heterocycles. The molecule has 0 atom stereocenters. The van der Waals surface area contributed by atoms with E-state index in [9.17, 15) is 4.79 Å². The number of benzene rings is 1. The summed E-state index contributed by atoms with van der Waals surface area (Å²) in [6, 6.07) is 9.01. The molecule has 0 radical (unpaired) electrons. The summed E-state index contributed by atoms with van der Waals surface area (Å²) >= 11 is 0. The van der Waals surface area contributed by atoms with Crippen LogP contribution in [0.5, 0.6) is 0 Å². The van der Waals surface area contributed by atoms with Gasteiger partial charge in [-0.25, -0.2) is 4.79 Å². The molecule has 0 heterocycles. The molecular weight excluding hydrogens is 194 g/mol. The Bertz CT molecular complexity index is 382. The van der Waals surface area contributed by atoms with E-state index in [0.29, 0.717) is 0 Å². The van der Waals surface area contributed by atoms with E-state index < -0.39 is 11.8 Å². The van der Waals surface area contributed by atoms with E-state index in [4.69, 9.17) is 16.2 Å². The summed E-state index contributed by atoms with van der Waals surface area (Å²) < 4.78 is 0. The third-order valence-corrected chi connectivity index (χ3v) is 1.68. The van der Waals surface area contributed by atoms with Gasteiger partial charge in [-0.2, -0.15) is 0 Å². The highest BCUT2D eigenvalue weighted by Crippen LogP contribution is 2.05. The van der Waals surface area contributed by atoms with Crippen LogP contribution in [0.2, 0.25) is 0 Å². The Morgan fingerprint density at radius 1 is 1.40 bits per heavy atom. The maximum Gasteiger partial charge on any atom is 0.340 e. The summed E-state index contributed by atoms with van der Waals surface area (Å²) in [4.78, 5) is 10.6. The van der Waals surface area contributed by atoms with E-state index in [-0.39, 0.29) is 5.57 Å². The predicted octanol–water partition coefficient (Wildman–Crippen LogP) is 1.00. The van der Waals surface area contributed by atoms with E-state index in [1.165, 1.54) is 6.20 Å². The Morgan fingerprint density at radius 2 is 2.00 bits per heavy atom. The first-order valence-corrected chi connectivity index (χ1v) is 4.20. The highest BCUT2D eigenvalue weighted by molar-refractivity contribution is 6.16. The number of hydrogen-bond donors (Lipinski definition) is 4.